The van der Waals surface area contributed by atoms with Crippen molar-refractivity contribution in [3.8, 4) is 23.0 Å². The highest BCUT2D eigenvalue weighted by Crippen LogP contribution is 2.55. The fraction of sp³-hybridized carbons (Fsp3) is 0.333. The number of aromatic amines is 1. The SMILES string of the molecule is COc1c([C@@H]2C3=C(COC3=O)Nc3n[nH]c(C)c32)cc2c(c1OC)OCO2. The number of hydrogen-bond donors (Lipinski definition) is 2. The van der Waals surface area contributed by atoms with Gasteiger partial charge in [-0.05, 0) is 13.0 Å². The number of H-pyrrole nitrogens is 1. The number of methoxy groups -OCH3 is 2. The number of fused-ring (bicyclic) bond motifs is 2. The zero-order valence-corrected chi connectivity index (χ0v) is 15.0. The van der Waals surface area contributed by atoms with Crippen molar-refractivity contribution in [1.82, 2.24) is 10.2 Å². The van der Waals surface area contributed by atoms with E-state index in [1.807, 2.05) is 13.0 Å². The summed E-state index contributed by atoms with van der Waals surface area (Å²) in [7, 11) is 3.09. The molecule has 0 saturated heterocycles. The Morgan fingerprint density at radius 3 is 2.78 bits per heavy atom. The van der Waals surface area contributed by atoms with Crippen LogP contribution in [0.2, 0.25) is 0 Å². The summed E-state index contributed by atoms with van der Waals surface area (Å²) in [5.74, 6) is 1.78. The maximum absolute atomic E-state index is 12.5. The van der Waals surface area contributed by atoms with Crippen LogP contribution in [-0.2, 0) is 9.53 Å². The highest BCUT2D eigenvalue weighted by molar-refractivity contribution is 5.97. The van der Waals surface area contributed by atoms with Gasteiger partial charge in [0.05, 0.1) is 31.4 Å². The summed E-state index contributed by atoms with van der Waals surface area (Å²) in [6.45, 7) is 2.18. The van der Waals surface area contributed by atoms with Crippen LogP contribution in [0.15, 0.2) is 17.3 Å². The maximum atomic E-state index is 12.5. The molecule has 9 heteroatoms. The molecule has 0 saturated carbocycles. The van der Waals surface area contributed by atoms with Gasteiger partial charge in [0.1, 0.15) is 6.61 Å². The molecule has 5 rings (SSSR count). The Hall–Kier alpha value is -3.36. The normalized spacial score (nSPS) is 19.4. The maximum Gasteiger partial charge on any atom is 0.337 e. The number of carbonyl (C=O) groups excluding carboxylic acids is 1. The van der Waals surface area contributed by atoms with Gasteiger partial charge < -0.3 is 29.0 Å². The number of aryl methyl sites for hydroxylation is 1. The Balaban J connectivity index is 1.81. The molecule has 0 bridgehead atoms. The molecule has 0 spiro atoms. The van der Waals surface area contributed by atoms with Crippen LogP contribution in [0, 0.1) is 6.92 Å². The van der Waals surface area contributed by atoms with Gasteiger partial charge >= 0.3 is 5.97 Å². The summed E-state index contributed by atoms with van der Waals surface area (Å²) in [6.07, 6.45) is 0. The second-order valence-electron chi connectivity index (χ2n) is 6.40. The molecule has 4 heterocycles. The quantitative estimate of drug-likeness (QED) is 0.788. The summed E-state index contributed by atoms with van der Waals surface area (Å²) < 4.78 is 27.6. The lowest BCUT2D eigenvalue weighted by Crippen LogP contribution is -2.20. The Kier molecular flexibility index (Phi) is 3.27. The third-order valence-electron chi connectivity index (χ3n) is 5.06. The van der Waals surface area contributed by atoms with E-state index >= 15 is 0 Å². The lowest BCUT2D eigenvalue weighted by atomic mass is 9.81. The van der Waals surface area contributed by atoms with E-state index in [0.717, 1.165) is 16.8 Å². The number of hydrogen-bond acceptors (Lipinski definition) is 8. The lowest BCUT2D eigenvalue weighted by molar-refractivity contribution is -0.136. The molecule has 140 valence electrons. The molecular formula is C18H17N3O6. The molecule has 2 N–H and O–H groups in total. The minimum atomic E-state index is -0.441. The number of rotatable bonds is 3. The largest absolute Gasteiger partial charge is 0.492 e. The molecule has 1 atom stereocenters. The van der Waals surface area contributed by atoms with Crippen LogP contribution in [0.25, 0.3) is 0 Å². The third-order valence-corrected chi connectivity index (χ3v) is 5.06. The summed E-state index contributed by atoms with van der Waals surface area (Å²) in [6, 6.07) is 1.83. The molecule has 9 nitrogen and oxygen atoms in total. The number of anilines is 1. The van der Waals surface area contributed by atoms with Crippen molar-refractivity contribution in [2.75, 3.05) is 32.9 Å². The summed E-state index contributed by atoms with van der Waals surface area (Å²) in [5, 5.41) is 10.5. The summed E-state index contributed by atoms with van der Waals surface area (Å²) >= 11 is 0. The minimum Gasteiger partial charge on any atom is -0.492 e. The number of aromatic nitrogens is 2. The molecule has 1 aromatic carbocycles. The molecular weight excluding hydrogens is 354 g/mol. The second kappa shape index (κ2) is 5.57. The average molecular weight is 371 g/mol. The first-order valence-corrected chi connectivity index (χ1v) is 8.40. The van der Waals surface area contributed by atoms with E-state index in [0.29, 0.717) is 40.1 Å². The zero-order valence-electron chi connectivity index (χ0n) is 15.0. The second-order valence-corrected chi connectivity index (χ2v) is 6.40. The lowest BCUT2D eigenvalue weighted by Gasteiger charge is -2.26. The van der Waals surface area contributed by atoms with Crippen LogP contribution in [-0.4, -0.2) is 43.8 Å². The number of nitrogens with one attached hydrogen (secondary N) is 2. The molecule has 0 amide bonds. The van der Waals surface area contributed by atoms with Crippen molar-refractivity contribution in [2.45, 2.75) is 12.8 Å². The monoisotopic (exact) mass is 371 g/mol. The Morgan fingerprint density at radius 2 is 2.00 bits per heavy atom. The molecule has 0 unspecified atom stereocenters. The Labute approximate surface area is 154 Å². The van der Waals surface area contributed by atoms with Crippen molar-refractivity contribution in [2.24, 2.45) is 0 Å². The van der Waals surface area contributed by atoms with E-state index < -0.39 is 5.92 Å². The van der Waals surface area contributed by atoms with Gasteiger partial charge in [-0.25, -0.2) is 4.79 Å². The number of benzene rings is 1. The number of carbonyl (C=O) groups is 1. The van der Waals surface area contributed by atoms with E-state index in [2.05, 4.69) is 15.5 Å². The van der Waals surface area contributed by atoms with Crippen molar-refractivity contribution < 1.29 is 28.5 Å². The van der Waals surface area contributed by atoms with E-state index in [-0.39, 0.29) is 19.4 Å². The van der Waals surface area contributed by atoms with Gasteiger partial charge in [-0.2, -0.15) is 5.10 Å². The van der Waals surface area contributed by atoms with E-state index in [9.17, 15) is 4.79 Å². The van der Waals surface area contributed by atoms with E-state index in [1.54, 1.807) is 7.11 Å². The number of nitrogens with zero attached hydrogens (tertiary/aromatic N) is 1. The number of esters is 1. The smallest absolute Gasteiger partial charge is 0.337 e. The topological polar surface area (TPSA) is 104 Å². The third kappa shape index (κ3) is 2.05. The number of cyclic esters (lactones) is 1. The molecule has 1 aromatic heterocycles. The molecule has 0 radical (unpaired) electrons. The van der Waals surface area contributed by atoms with Crippen LogP contribution in [0.4, 0.5) is 5.82 Å². The molecule has 27 heavy (non-hydrogen) atoms. The Morgan fingerprint density at radius 1 is 1.19 bits per heavy atom. The predicted molar refractivity (Wildman–Crippen MR) is 92.4 cm³/mol. The first-order chi connectivity index (χ1) is 13.1. The molecule has 0 aliphatic carbocycles. The van der Waals surface area contributed by atoms with Crippen LogP contribution in [0.3, 0.4) is 0 Å². The van der Waals surface area contributed by atoms with Crippen molar-refractivity contribution >= 4 is 11.8 Å². The molecule has 3 aliphatic rings. The van der Waals surface area contributed by atoms with Crippen LogP contribution < -0.4 is 24.3 Å². The standard InChI is InChI=1S/C18H17N3O6/c1-7-11-12(13-9(5-25-18(13)22)19-17(11)21-20-7)8-4-10-15(27-6-26-10)16(24-3)14(8)23-2/h4,12H,5-6H2,1-3H3,(H2,19,20,21)/t12-/m0/s1. The van der Waals surface area contributed by atoms with Crippen LogP contribution in [0.5, 0.6) is 23.0 Å². The van der Waals surface area contributed by atoms with E-state index in [4.69, 9.17) is 23.7 Å². The van der Waals surface area contributed by atoms with Gasteiger partial charge in [0.15, 0.2) is 17.3 Å². The number of ether oxygens (including phenoxy) is 5. The first-order valence-electron chi connectivity index (χ1n) is 8.40. The zero-order chi connectivity index (χ0) is 18.7. The van der Waals surface area contributed by atoms with Crippen LogP contribution in [0.1, 0.15) is 22.7 Å². The predicted octanol–water partition coefficient (Wildman–Crippen LogP) is 1.83. The Bertz CT molecular complexity index is 1010. The van der Waals surface area contributed by atoms with Gasteiger partial charge in [-0.3, -0.25) is 5.10 Å². The van der Waals surface area contributed by atoms with Gasteiger partial charge in [0.2, 0.25) is 18.3 Å². The average Bonchev–Trinajstić information content (AvgIpc) is 3.38. The summed E-state index contributed by atoms with van der Waals surface area (Å²) in [5.41, 5.74) is 3.64. The van der Waals surface area contributed by atoms with Gasteiger partial charge in [-0.1, -0.05) is 0 Å². The highest BCUT2D eigenvalue weighted by Gasteiger charge is 2.43. The van der Waals surface area contributed by atoms with Crippen LogP contribution >= 0.6 is 0 Å². The van der Waals surface area contributed by atoms with E-state index in [1.165, 1.54) is 7.11 Å². The fourth-order valence-electron chi connectivity index (χ4n) is 3.92. The first kappa shape index (κ1) is 15.9. The van der Waals surface area contributed by atoms with Gasteiger partial charge in [-0.15, -0.1) is 0 Å². The van der Waals surface area contributed by atoms with Crippen molar-refractivity contribution in [3.05, 3.63) is 34.2 Å². The van der Waals surface area contributed by atoms with Crippen molar-refractivity contribution in [1.29, 1.82) is 0 Å². The highest BCUT2D eigenvalue weighted by atomic mass is 16.7. The van der Waals surface area contributed by atoms with Gasteiger partial charge in [0, 0.05) is 16.8 Å². The molecule has 2 aromatic rings. The van der Waals surface area contributed by atoms with Crippen molar-refractivity contribution in [3.63, 3.8) is 0 Å². The molecule has 0 fully saturated rings. The molecule has 3 aliphatic heterocycles. The summed E-state index contributed by atoms with van der Waals surface area (Å²) in [4.78, 5) is 12.5. The van der Waals surface area contributed by atoms with Gasteiger partial charge in [0.25, 0.3) is 0 Å². The fourth-order valence-corrected chi connectivity index (χ4v) is 3.92. The minimum absolute atomic E-state index is 0.0937.